The van der Waals surface area contributed by atoms with Crippen molar-refractivity contribution in [2.45, 2.75) is 13.0 Å². The quantitative estimate of drug-likeness (QED) is 0.515. The van der Waals surface area contributed by atoms with Gasteiger partial charge in [0.05, 0.1) is 17.6 Å². The van der Waals surface area contributed by atoms with Crippen LogP contribution in [0, 0.1) is 0 Å². The molecule has 0 saturated carbocycles. The molecule has 4 rings (SSSR count). The first kappa shape index (κ1) is 19.3. The third-order valence-corrected chi connectivity index (χ3v) is 5.34. The maximum atomic E-state index is 12.3. The Morgan fingerprint density at radius 3 is 3.07 bits per heavy atom. The summed E-state index contributed by atoms with van der Waals surface area (Å²) in [5.41, 5.74) is 2.52. The maximum absolute atomic E-state index is 12.3. The Morgan fingerprint density at radius 2 is 2.31 bits per heavy atom. The second-order valence-electron chi connectivity index (χ2n) is 6.68. The molecular weight excluding hydrogens is 390 g/mol. The number of rotatable bonds is 10. The zero-order valence-corrected chi connectivity index (χ0v) is 16.6. The summed E-state index contributed by atoms with van der Waals surface area (Å²) in [4.78, 5) is 19.8. The monoisotopic (exact) mass is 411 g/mol. The minimum absolute atomic E-state index is 0.229. The second kappa shape index (κ2) is 9.44. The highest BCUT2D eigenvalue weighted by atomic mass is 32.1. The lowest BCUT2D eigenvalue weighted by Gasteiger charge is -2.21. The largest absolute Gasteiger partial charge is 0.364 e. The molecule has 0 radical (unpaired) electrons. The average Bonchev–Trinajstić information content (AvgIpc) is 3.52. The Labute approximate surface area is 171 Å². The van der Waals surface area contributed by atoms with Gasteiger partial charge in [-0.2, -0.15) is 0 Å². The molecular formula is C20H21N5O3S. The Bertz CT molecular complexity index is 976. The lowest BCUT2D eigenvalue weighted by molar-refractivity contribution is 0.0942. The van der Waals surface area contributed by atoms with Crippen LogP contribution in [0.25, 0.3) is 10.6 Å². The number of hydrogen-bond donors (Lipinski definition) is 1. The van der Waals surface area contributed by atoms with Crippen molar-refractivity contribution in [2.24, 2.45) is 4.99 Å². The number of hydrogen-bond acceptors (Lipinski definition) is 8. The van der Waals surface area contributed by atoms with Crippen LogP contribution >= 0.6 is 11.3 Å². The summed E-state index contributed by atoms with van der Waals surface area (Å²) in [5, 5.41) is 12.5. The maximum Gasteiger partial charge on any atom is 0.273 e. The molecule has 1 aliphatic rings. The lowest BCUT2D eigenvalue weighted by atomic mass is 10.2. The molecule has 0 bridgehead atoms. The molecule has 0 unspecified atom stereocenters. The van der Waals surface area contributed by atoms with Crippen LogP contribution in [0.1, 0.15) is 22.5 Å². The molecule has 4 heterocycles. The van der Waals surface area contributed by atoms with E-state index in [-0.39, 0.29) is 5.91 Å². The van der Waals surface area contributed by atoms with Gasteiger partial charge in [-0.15, -0.1) is 11.3 Å². The van der Waals surface area contributed by atoms with Crippen LogP contribution in [-0.2, 0) is 6.54 Å². The first-order chi connectivity index (χ1) is 14.3. The standard InChI is InChI=1S/C20H21N5O3S/c26-20(17-9-18(28-24-17)19-3-1-8-29-19)22-5-2-7-25(12-15-4-6-21-10-15)13-16-11-23-27-14-16/h1,3-4,8-11,14H,2,5-7,12-13H2,(H,22,26). The summed E-state index contributed by atoms with van der Waals surface area (Å²) in [5.74, 6) is 0.379. The fraction of sp³-hybridized carbons (Fsp3) is 0.300. The highest BCUT2D eigenvalue weighted by Gasteiger charge is 2.15. The second-order valence-corrected chi connectivity index (χ2v) is 7.63. The number of nitrogens with one attached hydrogen (secondary N) is 1. The first-order valence-electron chi connectivity index (χ1n) is 9.36. The highest BCUT2D eigenvalue weighted by Crippen LogP contribution is 2.25. The fourth-order valence-corrected chi connectivity index (χ4v) is 3.72. The van der Waals surface area contributed by atoms with E-state index in [2.05, 4.69) is 31.6 Å². The van der Waals surface area contributed by atoms with E-state index in [9.17, 15) is 4.79 Å². The Hall–Kier alpha value is -3.04. The first-order valence-corrected chi connectivity index (χ1v) is 10.2. The molecule has 0 saturated heterocycles. The number of aliphatic imine (C=N–C) groups is 1. The zero-order valence-electron chi connectivity index (χ0n) is 15.8. The van der Waals surface area contributed by atoms with E-state index in [0.29, 0.717) is 18.0 Å². The van der Waals surface area contributed by atoms with Crippen molar-refractivity contribution < 1.29 is 13.8 Å². The van der Waals surface area contributed by atoms with Crippen LogP contribution in [0.3, 0.4) is 0 Å². The van der Waals surface area contributed by atoms with Crippen LogP contribution in [-0.4, -0.2) is 53.5 Å². The van der Waals surface area contributed by atoms with Crippen molar-refractivity contribution in [1.82, 2.24) is 20.5 Å². The van der Waals surface area contributed by atoms with E-state index in [1.807, 2.05) is 23.7 Å². The number of amides is 1. The molecule has 3 aromatic heterocycles. The van der Waals surface area contributed by atoms with E-state index < -0.39 is 0 Å². The van der Waals surface area contributed by atoms with E-state index in [4.69, 9.17) is 9.05 Å². The molecule has 1 N–H and O–H groups in total. The van der Waals surface area contributed by atoms with Crippen LogP contribution in [0.2, 0.25) is 0 Å². The van der Waals surface area contributed by atoms with Crippen molar-refractivity contribution in [3.05, 3.63) is 58.9 Å². The smallest absolute Gasteiger partial charge is 0.273 e. The molecule has 3 aromatic rings. The van der Waals surface area contributed by atoms with Crippen molar-refractivity contribution in [2.75, 3.05) is 26.2 Å². The molecule has 9 heteroatoms. The summed E-state index contributed by atoms with van der Waals surface area (Å²) >= 11 is 1.54. The van der Waals surface area contributed by atoms with E-state index >= 15 is 0 Å². The number of carbonyl (C=O) groups is 1. The predicted molar refractivity (Wildman–Crippen MR) is 110 cm³/mol. The minimum Gasteiger partial charge on any atom is -0.364 e. The zero-order chi connectivity index (χ0) is 19.9. The van der Waals surface area contributed by atoms with Crippen LogP contribution in [0.5, 0.6) is 0 Å². The molecule has 8 nitrogen and oxygen atoms in total. The average molecular weight is 411 g/mol. The van der Waals surface area contributed by atoms with Crippen molar-refractivity contribution >= 4 is 23.5 Å². The van der Waals surface area contributed by atoms with Gasteiger partial charge in [0.25, 0.3) is 5.91 Å². The Balaban J connectivity index is 1.26. The topological polar surface area (TPSA) is 96.8 Å². The number of nitrogens with zero attached hydrogens (tertiary/aromatic N) is 4. The number of thiophene rings is 1. The van der Waals surface area contributed by atoms with Crippen LogP contribution in [0.4, 0.5) is 0 Å². The van der Waals surface area contributed by atoms with Gasteiger partial charge in [0.1, 0.15) is 6.26 Å². The summed E-state index contributed by atoms with van der Waals surface area (Å²) in [6.45, 7) is 3.65. The van der Waals surface area contributed by atoms with Gasteiger partial charge < -0.3 is 14.4 Å². The molecule has 0 spiro atoms. The molecule has 29 heavy (non-hydrogen) atoms. The molecule has 1 aliphatic heterocycles. The van der Waals surface area contributed by atoms with Gasteiger partial charge in [-0.25, -0.2) is 0 Å². The highest BCUT2D eigenvalue weighted by molar-refractivity contribution is 7.13. The van der Waals surface area contributed by atoms with E-state index in [0.717, 1.165) is 43.0 Å². The molecule has 0 aliphatic carbocycles. The van der Waals surface area contributed by atoms with Gasteiger partial charge in [0.15, 0.2) is 11.5 Å². The summed E-state index contributed by atoms with van der Waals surface area (Å²) in [6.07, 6.45) is 8.22. The van der Waals surface area contributed by atoms with Gasteiger partial charge in [-0.1, -0.05) is 22.5 Å². The Kier molecular flexibility index (Phi) is 6.28. The normalized spacial score (nSPS) is 13.2. The summed E-state index contributed by atoms with van der Waals surface area (Å²) in [7, 11) is 0. The summed E-state index contributed by atoms with van der Waals surface area (Å²) in [6, 6.07) is 5.54. The van der Waals surface area contributed by atoms with Gasteiger partial charge in [-0.3, -0.25) is 14.7 Å². The van der Waals surface area contributed by atoms with Crippen molar-refractivity contribution in [3.8, 4) is 10.6 Å². The third kappa shape index (κ3) is 5.27. The molecule has 0 fully saturated rings. The van der Waals surface area contributed by atoms with Crippen LogP contribution in [0.15, 0.2) is 61.7 Å². The molecule has 1 amide bonds. The van der Waals surface area contributed by atoms with E-state index in [1.54, 1.807) is 29.9 Å². The van der Waals surface area contributed by atoms with Crippen molar-refractivity contribution in [3.63, 3.8) is 0 Å². The third-order valence-electron chi connectivity index (χ3n) is 4.46. The minimum atomic E-state index is -0.229. The number of carbonyl (C=O) groups excluding carboxylic acids is 1. The van der Waals surface area contributed by atoms with E-state index in [1.165, 1.54) is 5.57 Å². The van der Waals surface area contributed by atoms with Gasteiger partial charge in [0.2, 0.25) is 0 Å². The van der Waals surface area contributed by atoms with Crippen LogP contribution < -0.4 is 5.32 Å². The molecule has 150 valence electrons. The van der Waals surface area contributed by atoms with Gasteiger partial charge >= 0.3 is 0 Å². The Morgan fingerprint density at radius 1 is 1.34 bits per heavy atom. The summed E-state index contributed by atoms with van der Waals surface area (Å²) < 4.78 is 10.2. The van der Waals surface area contributed by atoms with Gasteiger partial charge in [-0.05, 0) is 23.4 Å². The fourth-order valence-electron chi connectivity index (χ4n) is 3.05. The SMILES string of the molecule is O=C(NCCCN(CC1=CCN=C1)Cc1cnoc1)c1cc(-c2cccs2)on1. The number of aromatic nitrogens is 2. The predicted octanol–water partition coefficient (Wildman–Crippen LogP) is 3.02. The van der Waals surface area contributed by atoms with Crippen molar-refractivity contribution in [1.29, 1.82) is 0 Å². The lowest BCUT2D eigenvalue weighted by Crippen LogP contribution is -2.31. The van der Waals surface area contributed by atoms with Gasteiger partial charge in [0, 0.05) is 44.0 Å². The molecule has 0 aromatic carbocycles. The molecule has 0 atom stereocenters.